The van der Waals surface area contributed by atoms with Gasteiger partial charge < -0.3 is 15.0 Å². The maximum Gasteiger partial charge on any atom is 0.249 e. The summed E-state index contributed by atoms with van der Waals surface area (Å²) in [5, 5.41) is 11.4. The van der Waals surface area contributed by atoms with Gasteiger partial charge >= 0.3 is 0 Å². The highest BCUT2D eigenvalue weighted by molar-refractivity contribution is 5.56. The van der Waals surface area contributed by atoms with E-state index in [1.165, 1.54) is 11.1 Å². The summed E-state index contributed by atoms with van der Waals surface area (Å²) in [6, 6.07) is 16.2. The van der Waals surface area contributed by atoms with Gasteiger partial charge in [-0.2, -0.15) is 10.1 Å². The first kappa shape index (κ1) is 15.4. The number of nitrogens with zero attached hydrogens (tertiary/aromatic N) is 4. The van der Waals surface area contributed by atoms with Gasteiger partial charge in [0, 0.05) is 18.8 Å². The normalized spacial score (nSPS) is 13.2. The summed E-state index contributed by atoms with van der Waals surface area (Å²) >= 11 is 0. The number of fused-ring (bicyclic) bond motifs is 1. The van der Waals surface area contributed by atoms with Crippen LogP contribution in [-0.4, -0.2) is 28.8 Å². The quantitative estimate of drug-likeness (QED) is 0.791. The Balaban J connectivity index is 1.51. The van der Waals surface area contributed by atoms with E-state index in [2.05, 4.69) is 49.7 Å². The highest BCUT2D eigenvalue weighted by Gasteiger charge is 2.17. The van der Waals surface area contributed by atoms with Crippen LogP contribution in [0.25, 0.3) is 0 Å². The number of nitrogens with one attached hydrogen (secondary N) is 1. The molecule has 0 amide bonds. The number of hydrogen-bond acceptors (Lipinski definition) is 6. The topological polar surface area (TPSA) is 63.2 Å². The van der Waals surface area contributed by atoms with Crippen molar-refractivity contribution in [2.75, 3.05) is 23.9 Å². The molecule has 0 spiro atoms. The summed E-state index contributed by atoms with van der Waals surface area (Å²) in [6.07, 6.45) is 2.73. The van der Waals surface area contributed by atoms with Gasteiger partial charge in [0.25, 0.3) is 0 Å². The van der Waals surface area contributed by atoms with Gasteiger partial charge in [-0.05, 0) is 41.8 Å². The second kappa shape index (κ2) is 6.76. The van der Waals surface area contributed by atoms with Gasteiger partial charge in [0.2, 0.25) is 5.95 Å². The summed E-state index contributed by atoms with van der Waals surface area (Å²) in [6.45, 7) is 1.77. The molecule has 4 rings (SSSR count). The molecule has 0 bridgehead atoms. The Bertz CT molecular complexity index is 866. The van der Waals surface area contributed by atoms with Gasteiger partial charge in [0.05, 0.1) is 13.3 Å². The van der Waals surface area contributed by atoms with Crippen molar-refractivity contribution in [3.05, 3.63) is 65.9 Å². The molecular formula is C19H19N5O. The van der Waals surface area contributed by atoms with E-state index in [0.29, 0.717) is 5.95 Å². The van der Waals surface area contributed by atoms with Crippen molar-refractivity contribution in [1.29, 1.82) is 0 Å². The predicted octanol–water partition coefficient (Wildman–Crippen LogP) is 3.19. The zero-order valence-electron chi connectivity index (χ0n) is 14.0. The smallest absolute Gasteiger partial charge is 0.249 e. The lowest BCUT2D eigenvalue weighted by molar-refractivity contribution is 0.415. The highest BCUT2D eigenvalue weighted by Crippen LogP contribution is 2.24. The molecule has 6 heteroatoms. The summed E-state index contributed by atoms with van der Waals surface area (Å²) in [5.74, 6) is 2.13. The summed E-state index contributed by atoms with van der Waals surface area (Å²) in [7, 11) is 1.65. The minimum Gasteiger partial charge on any atom is -0.497 e. The van der Waals surface area contributed by atoms with Crippen LogP contribution in [0.4, 0.5) is 17.5 Å². The van der Waals surface area contributed by atoms with Crippen molar-refractivity contribution in [2.45, 2.75) is 13.0 Å². The lowest BCUT2D eigenvalue weighted by atomic mass is 10.0. The fraction of sp³-hybridized carbons (Fsp3) is 0.211. The van der Waals surface area contributed by atoms with Crippen molar-refractivity contribution in [1.82, 2.24) is 15.2 Å². The zero-order valence-corrected chi connectivity index (χ0v) is 14.0. The molecular weight excluding hydrogens is 314 g/mol. The molecule has 2 heterocycles. The van der Waals surface area contributed by atoms with Crippen LogP contribution < -0.4 is 15.0 Å². The average molecular weight is 333 g/mol. The molecule has 1 aliphatic rings. The number of anilines is 3. The van der Waals surface area contributed by atoms with Crippen molar-refractivity contribution in [3.63, 3.8) is 0 Å². The van der Waals surface area contributed by atoms with E-state index in [-0.39, 0.29) is 0 Å². The highest BCUT2D eigenvalue weighted by atomic mass is 16.5. The monoisotopic (exact) mass is 333 g/mol. The fourth-order valence-corrected chi connectivity index (χ4v) is 2.99. The Hall–Kier alpha value is -3.15. The van der Waals surface area contributed by atoms with Crippen LogP contribution in [0.1, 0.15) is 11.1 Å². The molecule has 1 aromatic heterocycles. The largest absolute Gasteiger partial charge is 0.497 e. The maximum atomic E-state index is 5.17. The first-order chi connectivity index (χ1) is 12.3. The molecule has 25 heavy (non-hydrogen) atoms. The van der Waals surface area contributed by atoms with Crippen LogP contribution >= 0.6 is 0 Å². The second-order valence-corrected chi connectivity index (χ2v) is 5.93. The van der Waals surface area contributed by atoms with E-state index >= 15 is 0 Å². The Morgan fingerprint density at radius 3 is 2.64 bits per heavy atom. The molecule has 0 fully saturated rings. The minimum absolute atomic E-state index is 0.488. The standard InChI is InChI=1S/C19H19N5O/c1-25-17-8-6-16(7-9-17)21-19-22-18(12-20-23-19)24-11-10-14-4-2-3-5-15(14)13-24/h2-9,12H,10-11,13H2,1H3,(H,21,22,23). The first-order valence-corrected chi connectivity index (χ1v) is 8.24. The summed E-state index contributed by atoms with van der Waals surface area (Å²) < 4.78 is 5.17. The third-order valence-electron chi connectivity index (χ3n) is 4.35. The number of methoxy groups -OCH3 is 1. The van der Waals surface area contributed by atoms with Crippen molar-refractivity contribution in [2.24, 2.45) is 0 Å². The van der Waals surface area contributed by atoms with E-state index < -0.39 is 0 Å². The Morgan fingerprint density at radius 2 is 1.84 bits per heavy atom. The SMILES string of the molecule is COc1ccc(Nc2nncc(N3CCc4ccccc4C3)n2)cc1. The molecule has 6 nitrogen and oxygen atoms in total. The van der Waals surface area contributed by atoms with Crippen molar-refractivity contribution < 1.29 is 4.74 Å². The molecule has 0 unspecified atom stereocenters. The van der Waals surface area contributed by atoms with Crippen LogP contribution in [0.2, 0.25) is 0 Å². The van der Waals surface area contributed by atoms with Gasteiger partial charge in [0.15, 0.2) is 5.82 Å². The van der Waals surface area contributed by atoms with Crippen LogP contribution in [0, 0.1) is 0 Å². The molecule has 3 aromatic rings. The second-order valence-electron chi connectivity index (χ2n) is 5.93. The summed E-state index contributed by atoms with van der Waals surface area (Å²) in [5.41, 5.74) is 3.65. The number of ether oxygens (including phenoxy) is 1. The Labute approximate surface area is 146 Å². The van der Waals surface area contributed by atoms with Gasteiger partial charge in [-0.1, -0.05) is 24.3 Å². The van der Waals surface area contributed by atoms with E-state index in [4.69, 9.17) is 4.74 Å². The number of rotatable bonds is 4. The third kappa shape index (κ3) is 3.38. The van der Waals surface area contributed by atoms with Gasteiger partial charge in [-0.3, -0.25) is 0 Å². The van der Waals surface area contributed by atoms with Gasteiger partial charge in [-0.25, -0.2) is 0 Å². The molecule has 0 saturated carbocycles. The maximum absolute atomic E-state index is 5.17. The molecule has 2 aromatic carbocycles. The number of aromatic nitrogens is 3. The number of hydrogen-bond donors (Lipinski definition) is 1. The predicted molar refractivity (Wildman–Crippen MR) is 97.3 cm³/mol. The molecule has 1 N–H and O–H groups in total. The number of benzene rings is 2. The Morgan fingerprint density at radius 1 is 1.04 bits per heavy atom. The van der Waals surface area contributed by atoms with Crippen LogP contribution in [0.5, 0.6) is 5.75 Å². The van der Waals surface area contributed by atoms with Crippen molar-refractivity contribution >= 4 is 17.5 Å². The van der Waals surface area contributed by atoms with Crippen molar-refractivity contribution in [3.8, 4) is 5.75 Å². The average Bonchev–Trinajstić information content (AvgIpc) is 2.68. The molecule has 0 radical (unpaired) electrons. The van der Waals surface area contributed by atoms with Gasteiger partial charge in [-0.15, -0.1) is 5.10 Å². The fourth-order valence-electron chi connectivity index (χ4n) is 2.99. The lowest BCUT2D eigenvalue weighted by Crippen LogP contribution is -2.31. The molecule has 0 atom stereocenters. The van der Waals surface area contributed by atoms with E-state index in [1.807, 2.05) is 24.3 Å². The van der Waals surface area contributed by atoms with E-state index in [0.717, 1.165) is 36.8 Å². The zero-order chi connectivity index (χ0) is 17.1. The van der Waals surface area contributed by atoms with Crippen LogP contribution in [0.3, 0.4) is 0 Å². The van der Waals surface area contributed by atoms with Gasteiger partial charge in [0.1, 0.15) is 5.75 Å². The molecule has 1 aliphatic heterocycles. The third-order valence-corrected chi connectivity index (χ3v) is 4.35. The van der Waals surface area contributed by atoms with Crippen LogP contribution in [0.15, 0.2) is 54.7 Å². The lowest BCUT2D eigenvalue weighted by Gasteiger charge is -2.29. The summed E-state index contributed by atoms with van der Waals surface area (Å²) in [4.78, 5) is 6.85. The minimum atomic E-state index is 0.488. The first-order valence-electron chi connectivity index (χ1n) is 8.24. The Kier molecular flexibility index (Phi) is 4.16. The van der Waals surface area contributed by atoms with E-state index in [1.54, 1.807) is 13.3 Å². The molecule has 0 saturated heterocycles. The molecule has 0 aliphatic carbocycles. The van der Waals surface area contributed by atoms with Crippen LogP contribution in [-0.2, 0) is 13.0 Å². The van der Waals surface area contributed by atoms with E-state index in [9.17, 15) is 0 Å². The molecule has 126 valence electrons.